The van der Waals surface area contributed by atoms with Crippen molar-refractivity contribution in [2.24, 2.45) is 0 Å². The standard InChI is InChI=1S/C18H28N2O/c1-3-4-5-6-7-8-11-14-20-17-13-10-9-12-16(17)19-18(20)15-21-2/h9-10,12-13H,3-8,11,14-15H2,1-2H3. The number of ether oxygens (including phenoxy) is 1. The van der Waals surface area contributed by atoms with Crippen LogP contribution in [0, 0.1) is 0 Å². The van der Waals surface area contributed by atoms with Gasteiger partial charge in [-0.05, 0) is 18.6 Å². The molecule has 0 amide bonds. The molecule has 0 spiro atoms. The Kier molecular flexibility index (Phi) is 6.74. The number of unbranched alkanes of at least 4 members (excludes halogenated alkanes) is 6. The van der Waals surface area contributed by atoms with Crippen molar-refractivity contribution in [2.75, 3.05) is 7.11 Å². The van der Waals surface area contributed by atoms with Crippen molar-refractivity contribution < 1.29 is 4.74 Å². The van der Waals surface area contributed by atoms with Crippen LogP contribution >= 0.6 is 0 Å². The molecule has 0 aliphatic carbocycles. The quantitative estimate of drug-likeness (QED) is 0.579. The molecule has 1 aromatic heterocycles. The predicted molar refractivity (Wildman–Crippen MR) is 88.4 cm³/mol. The lowest BCUT2D eigenvalue weighted by atomic mass is 10.1. The van der Waals surface area contributed by atoms with Crippen LogP contribution in [0.3, 0.4) is 0 Å². The van der Waals surface area contributed by atoms with Gasteiger partial charge in [0.05, 0.1) is 11.0 Å². The average molecular weight is 288 g/mol. The number of aromatic nitrogens is 2. The number of rotatable bonds is 10. The number of aryl methyl sites for hydroxylation is 1. The first kappa shape index (κ1) is 16.0. The van der Waals surface area contributed by atoms with Gasteiger partial charge in [0.1, 0.15) is 12.4 Å². The van der Waals surface area contributed by atoms with E-state index >= 15 is 0 Å². The van der Waals surface area contributed by atoms with Gasteiger partial charge < -0.3 is 9.30 Å². The van der Waals surface area contributed by atoms with Crippen LogP contribution in [-0.4, -0.2) is 16.7 Å². The highest BCUT2D eigenvalue weighted by Crippen LogP contribution is 2.18. The minimum Gasteiger partial charge on any atom is -0.377 e. The minimum atomic E-state index is 0.588. The number of nitrogens with zero attached hydrogens (tertiary/aromatic N) is 2. The number of methoxy groups -OCH3 is 1. The van der Waals surface area contributed by atoms with Crippen molar-refractivity contribution in [1.82, 2.24) is 9.55 Å². The van der Waals surface area contributed by atoms with Gasteiger partial charge in [-0.25, -0.2) is 4.98 Å². The van der Waals surface area contributed by atoms with E-state index in [0.717, 1.165) is 17.9 Å². The SMILES string of the molecule is CCCCCCCCCn1c(COC)nc2ccccc21. The summed E-state index contributed by atoms with van der Waals surface area (Å²) in [6.07, 6.45) is 9.35. The Labute approximate surface area is 128 Å². The van der Waals surface area contributed by atoms with Crippen LogP contribution in [0.1, 0.15) is 57.7 Å². The maximum absolute atomic E-state index is 5.29. The maximum atomic E-state index is 5.29. The molecule has 0 atom stereocenters. The first-order valence-corrected chi connectivity index (χ1v) is 8.30. The van der Waals surface area contributed by atoms with Crippen molar-refractivity contribution in [3.05, 3.63) is 30.1 Å². The molecule has 0 saturated heterocycles. The molecule has 0 bridgehead atoms. The average Bonchev–Trinajstić information content (AvgIpc) is 2.84. The summed E-state index contributed by atoms with van der Waals surface area (Å²) >= 11 is 0. The van der Waals surface area contributed by atoms with Crippen LogP contribution in [0.5, 0.6) is 0 Å². The molecular weight excluding hydrogens is 260 g/mol. The van der Waals surface area contributed by atoms with E-state index in [1.54, 1.807) is 7.11 Å². The third kappa shape index (κ3) is 4.57. The third-order valence-corrected chi connectivity index (χ3v) is 3.99. The lowest BCUT2D eigenvalue weighted by Crippen LogP contribution is -2.05. The zero-order chi connectivity index (χ0) is 14.9. The Hall–Kier alpha value is -1.35. The van der Waals surface area contributed by atoms with Crippen LogP contribution in [0.4, 0.5) is 0 Å². The van der Waals surface area contributed by atoms with Gasteiger partial charge in [0.2, 0.25) is 0 Å². The molecule has 0 unspecified atom stereocenters. The first-order chi connectivity index (χ1) is 10.4. The highest BCUT2D eigenvalue weighted by molar-refractivity contribution is 5.75. The van der Waals surface area contributed by atoms with E-state index in [0.29, 0.717) is 6.61 Å². The van der Waals surface area contributed by atoms with Crippen LogP contribution < -0.4 is 0 Å². The Morgan fingerprint density at radius 1 is 1.00 bits per heavy atom. The Morgan fingerprint density at radius 3 is 2.48 bits per heavy atom. The second-order valence-corrected chi connectivity index (χ2v) is 5.72. The zero-order valence-electron chi connectivity index (χ0n) is 13.5. The smallest absolute Gasteiger partial charge is 0.135 e. The summed E-state index contributed by atoms with van der Waals surface area (Å²) in [5.74, 6) is 1.05. The number of hydrogen-bond acceptors (Lipinski definition) is 2. The predicted octanol–water partition coefficient (Wildman–Crippen LogP) is 4.93. The molecule has 0 radical (unpaired) electrons. The lowest BCUT2D eigenvalue weighted by Gasteiger charge is -2.08. The fourth-order valence-electron chi connectivity index (χ4n) is 2.84. The van der Waals surface area contributed by atoms with Crippen molar-refractivity contribution in [2.45, 2.75) is 65.0 Å². The number of fused-ring (bicyclic) bond motifs is 1. The van der Waals surface area contributed by atoms with E-state index in [9.17, 15) is 0 Å². The summed E-state index contributed by atoms with van der Waals surface area (Å²) in [5, 5.41) is 0. The van der Waals surface area contributed by atoms with Crippen LogP contribution in [0.15, 0.2) is 24.3 Å². The molecule has 1 heterocycles. The fourth-order valence-corrected chi connectivity index (χ4v) is 2.84. The maximum Gasteiger partial charge on any atom is 0.135 e. The van der Waals surface area contributed by atoms with Gasteiger partial charge in [0.25, 0.3) is 0 Å². The van der Waals surface area contributed by atoms with Gasteiger partial charge >= 0.3 is 0 Å². The second-order valence-electron chi connectivity index (χ2n) is 5.72. The van der Waals surface area contributed by atoms with E-state index in [2.05, 4.69) is 34.7 Å². The Bertz CT molecular complexity index is 533. The molecular formula is C18H28N2O. The first-order valence-electron chi connectivity index (χ1n) is 8.30. The van der Waals surface area contributed by atoms with Crippen LogP contribution in [0.25, 0.3) is 11.0 Å². The molecule has 1 aromatic carbocycles. The monoisotopic (exact) mass is 288 g/mol. The molecule has 3 heteroatoms. The Balaban J connectivity index is 1.89. The van der Waals surface area contributed by atoms with Crippen molar-refractivity contribution >= 4 is 11.0 Å². The van der Waals surface area contributed by atoms with Gasteiger partial charge in [-0.3, -0.25) is 0 Å². The number of hydrogen-bond donors (Lipinski definition) is 0. The molecule has 21 heavy (non-hydrogen) atoms. The number of para-hydroxylation sites is 2. The van der Waals surface area contributed by atoms with Gasteiger partial charge in [-0.2, -0.15) is 0 Å². The molecule has 3 nitrogen and oxygen atoms in total. The van der Waals surface area contributed by atoms with Gasteiger partial charge in [-0.15, -0.1) is 0 Å². The molecule has 0 saturated carbocycles. The van der Waals surface area contributed by atoms with Gasteiger partial charge in [0, 0.05) is 13.7 Å². The molecule has 2 rings (SSSR count). The van der Waals surface area contributed by atoms with Crippen molar-refractivity contribution in [1.29, 1.82) is 0 Å². The molecule has 0 aliphatic rings. The lowest BCUT2D eigenvalue weighted by molar-refractivity contribution is 0.174. The van der Waals surface area contributed by atoms with Crippen LogP contribution in [0.2, 0.25) is 0 Å². The highest BCUT2D eigenvalue weighted by Gasteiger charge is 2.09. The molecule has 0 fully saturated rings. The van der Waals surface area contributed by atoms with Crippen molar-refractivity contribution in [3.63, 3.8) is 0 Å². The summed E-state index contributed by atoms with van der Waals surface area (Å²) in [4.78, 5) is 4.68. The van der Waals surface area contributed by atoms with E-state index < -0.39 is 0 Å². The fraction of sp³-hybridized carbons (Fsp3) is 0.611. The van der Waals surface area contributed by atoms with E-state index in [-0.39, 0.29) is 0 Å². The molecule has 116 valence electrons. The zero-order valence-corrected chi connectivity index (χ0v) is 13.5. The molecule has 0 N–H and O–H groups in total. The normalized spacial score (nSPS) is 11.3. The summed E-state index contributed by atoms with van der Waals surface area (Å²) < 4.78 is 7.61. The second kappa shape index (κ2) is 8.83. The largest absolute Gasteiger partial charge is 0.377 e. The summed E-state index contributed by atoms with van der Waals surface area (Å²) in [7, 11) is 1.73. The third-order valence-electron chi connectivity index (χ3n) is 3.99. The van der Waals surface area contributed by atoms with Crippen molar-refractivity contribution in [3.8, 4) is 0 Å². The summed E-state index contributed by atoms with van der Waals surface area (Å²) in [5.41, 5.74) is 2.31. The van der Waals surface area contributed by atoms with E-state index in [1.165, 1.54) is 50.5 Å². The Morgan fingerprint density at radius 2 is 1.71 bits per heavy atom. The molecule has 2 aromatic rings. The minimum absolute atomic E-state index is 0.588. The number of imidazole rings is 1. The summed E-state index contributed by atoms with van der Waals surface area (Å²) in [6, 6.07) is 8.37. The highest BCUT2D eigenvalue weighted by atomic mass is 16.5. The van der Waals surface area contributed by atoms with E-state index in [4.69, 9.17) is 4.74 Å². The summed E-state index contributed by atoms with van der Waals surface area (Å²) in [6.45, 7) is 3.90. The number of benzene rings is 1. The topological polar surface area (TPSA) is 27.1 Å². The van der Waals surface area contributed by atoms with Gasteiger partial charge in [-0.1, -0.05) is 57.6 Å². The van der Waals surface area contributed by atoms with Gasteiger partial charge in [0.15, 0.2) is 0 Å². The molecule has 0 aliphatic heterocycles. The van der Waals surface area contributed by atoms with Crippen LogP contribution in [-0.2, 0) is 17.9 Å². The van der Waals surface area contributed by atoms with E-state index in [1.807, 2.05) is 6.07 Å².